The Morgan fingerprint density at radius 3 is 2.73 bits per heavy atom. The summed E-state index contributed by atoms with van der Waals surface area (Å²) in [5.74, 6) is 1.59. The molecule has 0 radical (unpaired) electrons. The highest BCUT2D eigenvalue weighted by molar-refractivity contribution is 7.99. The van der Waals surface area contributed by atoms with Gasteiger partial charge in [0.1, 0.15) is 11.2 Å². The van der Waals surface area contributed by atoms with Crippen LogP contribution in [-0.2, 0) is 15.3 Å². The monoisotopic (exact) mass is 432 g/mol. The molecule has 1 N–H and O–H groups in total. The fourth-order valence-electron chi connectivity index (χ4n) is 3.36. The normalized spacial score (nSPS) is 15.1. The van der Waals surface area contributed by atoms with Crippen LogP contribution in [0.15, 0.2) is 24.5 Å². The van der Waals surface area contributed by atoms with E-state index in [0.29, 0.717) is 24.0 Å². The van der Waals surface area contributed by atoms with Gasteiger partial charge in [0.25, 0.3) is 0 Å². The SMILES string of the molecule is Cc1ccc2nc(CSCC(=O)N(C)[C@H](CNC(=O)OC(C)(C)C)C3CC3)cn2c1. The number of fused-ring (bicyclic) bond motifs is 1. The van der Waals surface area contributed by atoms with Crippen LogP contribution in [0.1, 0.15) is 44.9 Å². The number of aryl methyl sites for hydroxylation is 1. The highest BCUT2D eigenvalue weighted by Gasteiger charge is 2.36. The number of aromatic nitrogens is 2. The molecule has 2 aromatic heterocycles. The lowest BCUT2D eigenvalue weighted by Crippen LogP contribution is -2.47. The van der Waals surface area contributed by atoms with Gasteiger partial charge in [-0.05, 0) is 58.1 Å². The van der Waals surface area contributed by atoms with Crippen molar-refractivity contribution in [2.45, 2.75) is 57.9 Å². The second-order valence-electron chi connectivity index (χ2n) is 8.99. The summed E-state index contributed by atoms with van der Waals surface area (Å²) in [5.41, 5.74) is 2.53. The van der Waals surface area contributed by atoms with E-state index in [4.69, 9.17) is 4.74 Å². The van der Waals surface area contributed by atoms with Gasteiger partial charge in [-0.2, -0.15) is 0 Å². The largest absolute Gasteiger partial charge is 0.444 e. The van der Waals surface area contributed by atoms with E-state index < -0.39 is 11.7 Å². The zero-order valence-corrected chi connectivity index (χ0v) is 19.3. The Labute approximate surface area is 182 Å². The summed E-state index contributed by atoms with van der Waals surface area (Å²) in [6, 6.07) is 4.05. The molecule has 1 saturated carbocycles. The second kappa shape index (κ2) is 9.29. The second-order valence-corrected chi connectivity index (χ2v) is 9.97. The third kappa shape index (κ3) is 6.39. The number of amides is 2. The molecule has 0 aromatic carbocycles. The minimum Gasteiger partial charge on any atom is -0.444 e. The van der Waals surface area contributed by atoms with Crippen molar-refractivity contribution in [3.63, 3.8) is 0 Å². The number of nitrogens with zero attached hydrogens (tertiary/aromatic N) is 3. The molecule has 1 fully saturated rings. The first kappa shape index (κ1) is 22.5. The zero-order valence-electron chi connectivity index (χ0n) is 18.5. The van der Waals surface area contributed by atoms with E-state index in [9.17, 15) is 9.59 Å². The molecule has 1 aliphatic rings. The van der Waals surface area contributed by atoms with Crippen LogP contribution in [0.2, 0.25) is 0 Å². The molecule has 0 unspecified atom stereocenters. The maximum atomic E-state index is 12.7. The first-order valence-corrected chi connectivity index (χ1v) is 11.5. The summed E-state index contributed by atoms with van der Waals surface area (Å²) in [5, 5.41) is 2.82. The third-order valence-corrected chi connectivity index (χ3v) is 5.99. The number of nitrogens with one attached hydrogen (secondary N) is 1. The van der Waals surface area contributed by atoms with Crippen molar-refractivity contribution < 1.29 is 14.3 Å². The van der Waals surface area contributed by atoms with Crippen molar-refractivity contribution in [3.05, 3.63) is 35.8 Å². The molecule has 164 valence electrons. The molecule has 1 atom stereocenters. The first-order valence-electron chi connectivity index (χ1n) is 10.4. The van der Waals surface area contributed by atoms with Crippen molar-refractivity contribution in [2.24, 2.45) is 5.92 Å². The number of rotatable bonds is 8. The quantitative estimate of drug-likeness (QED) is 0.689. The predicted molar refractivity (Wildman–Crippen MR) is 120 cm³/mol. The van der Waals surface area contributed by atoms with Crippen LogP contribution in [0, 0.1) is 12.8 Å². The maximum Gasteiger partial charge on any atom is 0.407 e. The highest BCUT2D eigenvalue weighted by Crippen LogP contribution is 2.35. The molecule has 8 heteroatoms. The first-order chi connectivity index (χ1) is 14.1. The standard InChI is InChI=1S/C22H32N4O3S/c1-15-6-9-19-24-17(12-26(19)11-15)13-30-14-20(27)25(5)18(16-7-8-16)10-23-21(28)29-22(2,3)4/h6,9,11-12,16,18H,7-8,10,13-14H2,1-5H3,(H,23,28)/t18-/m1/s1. The maximum absolute atomic E-state index is 12.7. The Balaban J connectivity index is 1.48. The average Bonchev–Trinajstić information content (AvgIpc) is 3.39. The average molecular weight is 433 g/mol. The van der Waals surface area contributed by atoms with Gasteiger partial charge in [-0.25, -0.2) is 9.78 Å². The number of thioether (sulfide) groups is 1. The Bertz CT molecular complexity index is 901. The van der Waals surface area contributed by atoms with Crippen molar-refractivity contribution in [2.75, 3.05) is 19.3 Å². The summed E-state index contributed by atoms with van der Waals surface area (Å²) in [6.45, 7) is 7.97. The Hall–Kier alpha value is -2.22. The van der Waals surface area contributed by atoms with Gasteiger partial charge in [-0.15, -0.1) is 11.8 Å². The van der Waals surface area contributed by atoms with Gasteiger partial charge in [-0.1, -0.05) is 6.07 Å². The summed E-state index contributed by atoms with van der Waals surface area (Å²) in [6.07, 6.45) is 5.80. The number of alkyl carbamates (subject to hydrolysis) is 1. The van der Waals surface area contributed by atoms with E-state index >= 15 is 0 Å². The van der Waals surface area contributed by atoms with E-state index in [0.717, 1.165) is 24.2 Å². The molecular formula is C22H32N4O3S. The summed E-state index contributed by atoms with van der Waals surface area (Å²) >= 11 is 1.56. The van der Waals surface area contributed by atoms with Crippen LogP contribution < -0.4 is 5.32 Å². The van der Waals surface area contributed by atoms with Gasteiger partial charge < -0.3 is 19.4 Å². The fourth-order valence-corrected chi connectivity index (χ4v) is 4.19. The fraction of sp³-hybridized carbons (Fsp3) is 0.591. The minimum atomic E-state index is -0.534. The summed E-state index contributed by atoms with van der Waals surface area (Å²) in [4.78, 5) is 31.1. The van der Waals surface area contributed by atoms with Gasteiger partial charge in [0.05, 0.1) is 17.5 Å². The number of hydrogen-bond donors (Lipinski definition) is 1. The van der Waals surface area contributed by atoms with Gasteiger partial charge >= 0.3 is 6.09 Å². The number of imidazole rings is 1. The molecule has 30 heavy (non-hydrogen) atoms. The molecule has 3 rings (SSSR count). The highest BCUT2D eigenvalue weighted by atomic mass is 32.2. The van der Waals surface area contributed by atoms with Crippen LogP contribution >= 0.6 is 11.8 Å². The smallest absolute Gasteiger partial charge is 0.407 e. The molecule has 0 aliphatic heterocycles. The number of hydrogen-bond acceptors (Lipinski definition) is 5. The van der Waals surface area contributed by atoms with Crippen LogP contribution in [0.4, 0.5) is 4.79 Å². The van der Waals surface area contributed by atoms with Crippen LogP contribution in [0.3, 0.4) is 0 Å². The molecule has 2 amide bonds. The van der Waals surface area contributed by atoms with Gasteiger partial charge in [-0.3, -0.25) is 4.79 Å². The van der Waals surface area contributed by atoms with E-state index in [1.54, 1.807) is 16.7 Å². The number of carbonyl (C=O) groups is 2. The molecule has 2 aromatic rings. The van der Waals surface area contributed by atoms with E-state index in [-0.39, 0.29) is 11.9 Å². The van der Waals surface area contributed by atoms with E-state index in [1.807, 2.05) is 56.7 Å². The summed E-state index contributed by atoms with van der Waals surface area (Å²) < 4.78 is 7.33. The van der Waals surface area contributed by atoms with Crippen molar-refractivity contribution in [1.29, 1.82) is 0 Å². The Kier molecular flexibility index (Phi) is 6.95. The minimum absolute atomic E-state index is 0.00351. The topological polar surface area (TPSA) is 75.9 Å². The number of carbonyl (C=O) groups excluding carboxylic acids is 2. The number of pyridine rings is 1. The lowest BCUT2D eigenvalue weighted by atomic mass is 10.1. The molecule has 2 heterocycles. The molecule has 7 nitrogen and oxygen atoms in total. The summed E-state index contributed by atoms with van der Waals surface area (Å²) in [7, 11) is 1.83. The Morgan fingerprint density at radius 2 is 2.07 bits per heavy atom. The van der Waals surface area contributed by atoms with Crippen molar-refractivity contribution in [3.8, 4) is 0 Å². The lowest BCUT2D eigenvalue weighted by molar-refractivity contribution is -0.129. The van der Waals surface area contributed by atoms with Gasteiger partial charge in [0.2, 0.25) is 5.91 Å². The molecule has 0 saturated heterocycles. The van der Waals surface area contributed by atoms with Gasteiger partial charge in [0.15, 0.2) is 0 Å². The van der Waals surface area contributed by atoms with E-state index in [2.05, 4.69) is 17.2 Å². The molecule has 0 bridgehead atoms. The van der Waals surface area contributed by atoms with Gasteiger partial charge in [0, 0.05) is 31.7 Å². The molecular weight excluding hydrogens is 400 g/mol. The van der Waals surface area contributed by atoms with Crippen molar-refractivity contribution >= 4 is 29.4 Å². The van der Waals surface area contributed by atoms with Crippen LogP contribution in [-0.4, -0.2) is 57.3 Å². The zero-order chi connectivity index (χ0) is 21.9. The number of likely N-dealkylation sites (N-methyl/N-ethyl adjacent to an activating group) is 1. The molecule has 0 spiro atoms. The van der Waals surface area contributed by atoms with Crippen molar-refractivity contribution in [1.82, 2.24) is 19.6 Å². The van der Waals surface area contributed by atoms with E-state index in [1.165, 1.54) is 5.56 Å². The third-order valence-electron chi connectivity index (χ3n) is 5.04. The van der Waals surface area contributed by atoms with Crippen LogP contribution in [0.5, 0.6) is 0 Å². The lowest BCUT2D eigenvalue weighted by Gasteiger charge is -2.29. The predicted octanol–water partition coefficient (Wildman–Crippen LogP) is 3.64. The Morgan fingerprint density at radius 1 is 1.33 bits per heavy atom. The molecule has 1 aliphatic carbocycles. The number of ether oxygens (including phenoxy) is 1. The van der Waals surface area contributed by atoms with Crippen LogP contribution in [0.25, 0.3) is 5.65 Å².